The Bertz CT molecular complexity index is 644. The van der Waals surface area contributed by atoms with Crippen LogP contribution in [0.1, 0.15) is 11.1 Å². The van der Waals surface area contributed by atoms with Gasteiger partial charge in [-0.1, -0.05) is 46.0 Å². The molecule has 2 rings (SSSR count). The van der Waals surface area contributed by atoms with Crippen molar-refractivity contribution in [3.63, 3.8) is 0 Å². The summed E-state index contributed by atoms with van der Waals surface area (Å²) in [6, 6.07) is 10.4. The van der Waals surface area contributed by atoms with Crippen molar-refractivity contribution in [1.29, 1.82) is 0 Å². The molecule has 0 bridgehead atoms. The normalized spacial score (nSPS) is 10.9. The van der Waals surface area contributed by atoms with Crippen LogP contribution >= 0.6 is 34.8 Å². The summed E-state index contributed by atoms with van der Waals surface area (Å²) in [5, 5.41) is 12.8. The van der Waals surface area contributed by atoms with Gasteiger partial charge in [0.25, 0.3) is 0 Å². The number of hydrogen-bond acceptors (Lipinski definition) is 3. The van der Waals surface area contributed by atoms with Crippen LogP contribution in [0, 0.1) is 0 Å². The largest absolute Gasteiger partial charge is 0.487 e. The molecule has 0 heterocycles. The molecule has 6 heteroatoms. The summed E-state index contributed by atoms with van der Waals surface area (Å²) in [5.74, 6) is 0.535. The lowest BCUT2D eigenvalue weighted by Gasteiger charge is -2.09. The summed E-state index contributed by atoms with van der Waals surface area (Å²) in [4.78, 5) is 0. The van der Waals surface area contributed by atoms with Crippen molar-refractivity contribution in [3.05, 3.63) is 62.6 Å². The Labute approximate surface area is 131 Å². The number of hydrogen-bond donors (Lipinski definition) is 1. The highest BCUT2D eigenvalue weighted by molar-refractivity contribution is 6.42. The SMILES string of the molecule is ON=Cc1ccc(OCc2ccc(Cl)c(Cl)c2)c(Cl)c1. The summed E-state index contributed by atoms with van der Waals surface area (Å²) >= 11 is 17.8. The van der Waals surface area contributed by atoms with Crippen molar-refractivity contribution in [2.24, 2.45) is 5.16 Å². The van der Waals surface area contributed by atoms with Gasteiger partial charge in [0.2, 0.25) is 0 Å². The minimum atomic E-state index is 0.323. The zero-order valence-corrected chi connectivity index (χ0v) is 12.5. The molecule has 0 aliphatic carbocycles. The maximum Gasteiger partial charge on any atom is 0.138 e. The van der Waals surface area contributed by atoms with Gasteiger partial charge in [0.05, 0.1) is 21.3 Å². The number of nitrogens with zero attached hydrogens (tertiary/aromatic N) is 1. The van der Waals surface area contributed by atoms with Gasteiger partial charge >= 0.3 is 0 Å². The average Bonchev–Trinajstić information content (AvgIpc) is 2.42. The van der Waals surface area contributed by atoms with Gasteiger partial charge in [0, 0.05) is 0 Å². The topological polar surface area (TPSA) is 41.8 Å². The molecule has 2 aromatic rings. The van der Waals surface area contributed by atoms with E-state index in [4.69, 9.17) is 44.7 Å². The monoisotopic (exact) mass is 329 g/mol. The molecule has 3 nitrogen and oxygen atoms in total. The molecule has 0 amide bonds. The van der Waals surface area contributed by atoms with E-state index in [-0.39, 0.29) is 0 Å². The van der Waals surface area contributed by atoms with Crippen molar-refractivity contribution >= 4 is 41.0 Å². The maximum absolute atomic E-state index is 8.45. The first-order chi connectivity index (χ1) is 9.60. The summed E-state index contributed by atoms with van der Waals surface area (Å²) in [7, 11) is 0. The van der Waals surface area contributed by atoms with Crippen LogP contribution in [-0.4, -0.2) is 11.4 Å². The molecule has 0 aliphatic rings. The van der Waals surface area contributed by atoms with Crippen LogP contribution in [-0.2, 0) is 6.61 Å². The number of ether oxygens (including phenoxy) is 1. The molecule has 0 saturated heterocycles. The molecule has 0 aromatic heterocycles. The molecule has 104 valence electrons. The molecular weight excluding hydrogens is 321 g/mol. The van der Waals surface area contributed by atoms with Gasteiger partial charge in [-0.3, -0.25) is 0 Å². The quantitative estimate of drug-likeness (QED) is 0.485. The summed E-state index contributed by atoms with van der Waals surface area (Å²) in [6.07, 6.45) is 1.29. The molecule has 0 fully saturated rings. The van der Waals surface area contributed by atoms with Crippen LogP contribution in [0.15, 0.2) is 41.6 Å². The van der Waals surface area contributed by atoms with Crippen molar-refractivity contribution < 1.29 is 9.94 Å². The van der Waals surface area contributed by atoms with E-state index in [9.17, 15) is 0 Å². The van der Waals surface area contributed by atoms with E-state index < -0.39 is 0 Å². The first kappa shape index (κ1) is 15.0. The van der Waals surface area contributed by atoms with Crippen molar-refractivity contribution in [2.45, 2.75) is 6.61 Å². The minimum Gasteiger partial charge on any atom is -0.487 e. The van der Waals surface area contributed by atoms with E-state index in [1.54, 1.807) is 30.3 Å². The van der Waals surface area contributed by atoms with Crippen LogP contribution < -0.4 is 4.74 Å². The van der Waals surface area contributed by atoms with Crippen molar-refractivity contribution in [1.82, 2.24) is 0 Å². The number of oxime groups is 1. The number of rotatable bonds is 4. The Morgan fingerprint density at radius 1 is 1.00 bits per heavy atom. The van der Waals surface area contributed by atoms with E-state index in [2.05, 4.69) is 5.16 Å². The van der Waals surface area contributed by atoms with E-state index >= 15 is 0 Å². The first-order valence-electron chi connectivity index (χ1n) is 5.64. The fourth-order valence-corrected chi connectivity index (χ4v) is 2.14. The lowest BCUT2D eigenvalue weighted by molar-refractivity contribution is 0.306. The van der Waals surface area contributed by atoms with Crippen LogP contribution in [0.5, 0.6) is 5.75 Å². The number of halogens is 3. The standard InChI is InChI=1S/C14H10Cl3NO2/c15-11-3-1-10(6-12(11)16)8-20-14-4-2-9(7-18-19)5-13(14)17/h1-7,19H,8H2. The summed E-state index contributed by atoms with van der Waals surface area (Å²) in [6.45, 7) is 0.323. The second-order valence-corrected chi connectivity index (χ2v) is 5.19. The second-order valence-electron chi connectivity index (χ2n) is 3.97. The van der Waals surface area contributed by atoms with Gasteiger partial charge in [-0.2, -0.15) is 0 Å². The molecule has 1 N–H and O–H groups in total. The molecule has 0 unspecified atom stereocenters. The third-order valence-corrected chi connectivity index (χ3v) is 3.58. The van der Waals surface area contributed by atoms with Gasteiger partial charge in [-0.25, -0.2) is 0 Å². The van der Waals surface area contributed by atoms with Gasteiger partial charge in [-0.05, 0) is 41.5 Å². The molecule has 0 atom stereocenters. The zero-order valence-electron chi connectivity index (χ0n) is 10.2. The molecule has 2 aromatic carbocycles. The lowest BCUT2D eigenvalue weighted by atomic mass is 10.2. The third-order valence-electron chi connectivity index (χ3n) is 2.54. The Hall–Kier alpha value is -1.42. The van der Waals surface area contributed by atoms with Crippen LogP contribution in [0.25, 0.3) is 0 Å². The van der Waals surface area contributed by atoms with Gasteiger partial charge < -0.3 is 9.94 Å². The van der Waals surface area contributed by atoms with E-state index in [0.717, 1.165) is 5.56 Å². The van der Waals surface area contributed by atoms with Crippen LogP contribution in [0.3, 0.4) is 0 Å². The Morgan fingerprint density at radius 2 is 1.80 bits per heavy atom. The Kier molecular flexibility index (Phi) is 5.12. The summed E-state index contributed by atoms with van der Waals surface area (Å²) < 4.78 is 5.61. The second kappa shape index (κ2) is 6.84. The predicted octanol–water partition coefficient (Wildman–Crippen LogP) is 5.03. The molecule has 0 spiro atoms. The average molecular weight is 331 g/mol. The smallest absolute Gasteiger partial charge is 0.138 e. The summed E-state index contributed by atoms with van der Waals surface area (Å²) in [5.41, 5.74) is 1.57. The first-order valence-corrected chi connectivity index (χ1v) is 6.77. The van der Waals surface area contributed by atoms with Crippen molar-refractivity contribution in [2.75, 3.05) is 0 Å². The maximum atomic E-state index is 8.45. The van der Waals surface area contributed by atoms with E-state index in [1.807, 2.05) is 6.07 Å². The highest BCUT2D eigenvalue weighted by Crippen LogP contribution is 2.27. The molecular formula is C14H10Cl3NO2. The number of benzene rings is 2. The van der Waals surface area contributed by atoms with Crippen LogP contribution in [0.4, 0.5) is 0 Å². The molecule has 0 radical (unpaired) electrons. The van der Waals surface area contributed by atoms with Gasteiger partial charge in [-0.15, -0.1) is 0 Å². The highest BCUT2D eigenvalue weighted by Gasteiger charge is 2.04. The third kappa shape index (κ3) is 3.79. The van der Waals surface area contributed by atoms with E-state index in [1.165, 1.54) is 6.21 Å². The lowest BCUT2D eigenvalue weighted by Crippen LogP contribution is -1.96. The molecule has 0 saturated carbocycles. The Morgan fingerprint density at radius 3 is 2.45 bits per heavy atom. The predicted molar refractivity (Wildman–Crippen MR) is 81.6 cm³/mol. The Balaban J connectivity index is 2.08. The van der Waals surface area contributed by atoms with Gasteiger partial charge in [0.1, 0.15) is 12.4 Å². The fourth-order valence-electron chi connectivity index (χ4n) is 1.57. The van der Waals surface area contributed by atoms with Crippen molar-refractivity contribution in [3.8, 4) is 5.75 Å². The van der Waals surface area contributed by atoms with E-state index in [0.29, 0.717) is 33.0 Å². The highest BCUT2D eigenvalue weighted by atomic mass is 35.5. The molecule has 0 aliphatic heterocycles. The molecule has 20 heavy (non-hydrogen) atoms. The zero-order chi connectivity index (χ0) is 14.5. The van der Waals surface area contributed by atoms with Gasteiger partial charge in [0.15, 0.2) is 0 Å². The minimum absolute atomic E-state index is 0.323. The van der Waals surface area contributed by atoms with Crippen LogP contribution in [0.2, 0.25) is 15.1 Å². The fraction of sp³-hybridized carbons (Fsp3) is 0.0714.